The van der Waals surface area contributed by atoms with Crippen molar-refractivity contribution in [2.24, 2.45) is 0 Å². The van der Waals surface area contributed by atoms with Gasteiger partial charge in [-0.25, -0.2) is 4.79 Å². The van der Waals surface area contributed by atoms with Crippen molar-refractivity contribution in [1.82, 2.24) is 0 Å². The summed E-state index contributed by atoms with van der Waals surface area (Å²) in [4.78, 5) is 12.6. The molecular formula is C13H16ClNO2. The molecule has 0 fully saturated rings. The Labute approximate surface area is 106 Å². The van der Waals surface area contributed by atoms with Crippen LogP contribution in [-0.4, -0.2) is 24.7 Å². The normalized spacial score (nSPS) is 10.8. The quantitative estimate of drug-likeness (QED) is 0.819. The molecule has 0 aromatic heterocycles. The van der Waals surface area contributed by atoms with Gasteiger partial charge >= 0.3 is 5.97 Å². The summed E-state index contributed by atoms with van der Waals surface area (Å²) in [6.07, 6.45) is 3.71. The van der Waals surface area contributed by atoms with E-state index in [0.717, 1.165) is 30.3 Å². The maximum Gasteiger partial charge on any atom is 0.328 e. The third kappa shape index (κ3) is 4.11. The number of aliphatic carboxylic acids is 1. The molecular weight excluding hydrogens is 238 g/mol. The molecule has 0 spiro atoms. The van der Waals surface area contributed by atoms with Gasteiger partial charge in [-0.3, -0.25) is 0 Å². The monoisotopic (exact) mass is 253 g/mol. The number of benzene rings is 1. The van der Waals surface area contributed by atoms with Gasteiger partial charge < -0.3 is 10.0 Å². The molecule has 0 saturated carbocycles. The lowest BCUT2D eigenvalue weighted by molar-refractivity contribution is -0.131. The molecule has 0 radical (unpaired) electrons. The van der Waals surface area contributed by atoms with E-state index in [1.807, 2.05) is 13.1 Å². The first kappa shape index (κ1) is 13.6. The summed E-state index contributed by atoms with van der Waals surface area (Å²) in [5.74, 6) is -0.964. The average molecular weight is 254 g/mol. The lowest BCUT2D eigenvalue weighted by Crippen LogP contribution is -2.18. The van der Waals surface area contributed by atoms with Gasteiger partial charge in [0.25, 0.3) is 0 Å². The van der Waals surface area contributed by atoms with Crippen LogP contribution in [0.4, 0.5) is 5.69 Å². The van der Waals surface area contributed by atoms with Crippen molar-refractivity contribution in [3.8, 4) is 0 Å². The van der Waals surface area contributed by atoms with Crippen LogP contribution in [-0.2, 0) is 4.79 Å². The molecule has 1 aromatic carbocycles. The van der Waals surface area contributed by atoms with E-state index < -0.39 is 5.97 Å². The molecule has 1 aromatic rings. The fourth-order valence-electron chi connectivity index (χ4n) is 1.62. The average Bonchev–Trinajstić information content (AvgIpc) is 2.26. The summed E-state index contributed by atoms with van der Waals surface area (Å²) in [5.41, 5.74) is 1.80. The molecule has 17 heavy (non-hydrogen) atoms. The van der Waals surface area contributed by atoms with Gasteiger partial charge in [-0.2, -0.15) is 0 Å². The van der Waals surface area contributed by atoms with Crippen LogP contribution in [0.25, 0.3) is 6.08 Å². The molecule has 1 N–H and O–H groups in total. The standard InChI is InChI=1S/C13H16ClNO2/c1-3-8-15(2)12-6-5-11(14)9-10(12)4-7-13(16)17/h4-7,9H,3,8H2,1-2H3,(H,16,17)/b7-4+. The molecule has 0 unspecified atom stereocenters. The van der Waals surface area contributed by atoms with Crippen molar-refractivity contribution >= 4 is 29.3 Å². The summed E-state index contributed by atoms with van der Waals surface area (Å²) in [5, 5.41) is 9.24. The van der Waals surface area contributed by atoms with Crippen LogP contribution in [0, 0.1) is 0 Å². The van der Waals surface area contributed by atoms with Crippen LogP contribution < -0.4 is 4.90 Å². The lowest BCUT2D eigenvalue weighted by atomic mass is 10.1. The second kappa shape index (κ2) is 6.30. The Kier molecular flexibility index (Phi) is 5.04. The van der Waals surface area contributed by atoms with Crippen molar-refractivity contribution < 1.29 is 9.90 Å². The SMILES string of the molecule is CCCN(C)c1ccc(Cl)cc1/C=C/C(=O)O. The minimum absolute atomic E-state index is 0.601. The molecule has 0 bridgehead atoms. The predicted octanol–water partition coefficient (Wildman–Crippen LogP) is 3.28. The van der Waals surface area contributed by atoms with Crippen molar-refractivity contribution in [1.29, 1.82) is 0 Å². The topological polar surface area (TPSA) is 40.5 Å². The number of carboxylic acid groups (broad SMARTS) is 1. The minimum atomic E-state index is -0.964. The van der Waals surface area contributed by atoms with E-state index in [4.69, 9.17) is 16.7 Å². The van der Waals surface area contributed by atoms with Gasteiger partial charge in [0, 0.05) is 30.4 Å². The third-order valence-electron chi connectivity index (χ3n) is 2.37. The van der Waals surface area contributed by atoms with Crippen LogP contribution in [0.1, 0.15) is 18.9 Å². The smallest absolute Gasteiger partial charge is 0.328 e. The van der Waals surface area contributed by atoms with E-state index in [-0.39, 0.29) is 0 Å². The fourth-order valence-corrected chi connectivity index (χ4v) is 1.80. The maximum atomic E-state index is 10.5. The molecule has 92 valence electrons. The fraction of sp³-hybridized carbons (Fsp3) is 0.308. The van der Waals surface area contributed by atoms with Crippen LogP contribution >= 0.6 is 11.6 Å². The third-order valence-corrected chi connectivity index (χ3v) is 2.60. The Morgan fingerprint density at radius 2 is 2.24 bits per heavy atom. The highest BCUT2D eigenvalue weighted by atomic mass is 35.5. The molecule has 0 atom stereocenters. The number of halogens is 1. The molecule has 0 aliphatic carbocycles. The van der Waals surface area contributed by atoms with Crippen molar-refractivity contribution in [3.63, 3.8) is 0 Å². The first-order valence-electron chi connectivity index (χ1n) is 5.46. The summed E-state index contributed by atoms with van der Waals surface area (Å²) in [6.45, 7) is 3.01. The van der Waals surface area contributed by atoms with Gasteiger partial charge in [-0.1, -0.05) is 18.5 Å². The van der Waals surface area contributed by atoms with E-state index in [0.29, 0.717) is 5.02 Å². The highest BCUT2D eigenvalue weighted by Crippen LogP contribution is 2.25. The first-order valence-corrected chi connectivity index (χ1v) is 5.84. The number of nitrogens with zero attached hydrogens (tertiary/aromatic N) is 1. The molecule has 0 aliphatic heterocycles. The molecule has 0 aliphatic rings. The Morgan fingerprint density at radius 1 is 1.53 bits per heavy atom. The van der Waals surface area contributed by atoms with Crippen LogP contribution in [0.15, 0.2) is 24.3 Å². The number of anilines is 1. The molecule has 0 amide bonds. The van der Waals surface area contributed by atoms with Gasteiger partial charge in [-0.05, 0) is 36.3 Å². The highest BCUT2D eigenvalue weighted by Gasteiger charge is 2.05. The van der Waals surface area contributed by atoms with Gasteiger partial charge in [0.2, 0.25) is 0 Å². The summed E-state index contributed by atoms with van der Waals surface area (Å²) >= 11 is 5.91. The molecule has 0 saturated heterocycles. The Hall–Kier alpha value is -1.48. The van der Waals surface area contributed by atoms with Gasteiger partial charge in [0.1, 0.15) is 0 Å². The summed E-state index contributed by atoms with van der Waals surface area (Å²) < 4.78 is 0. The highest BCUT2D eigenvalue weighted by molar-refractivity contribution is 6.30. The number of rotatable bonds is 5. The van der Waals surface area contributed by atoms with E-state index >= 15 is 0 Å². The second-order valence-corrected chi connectivity index (χ2v) is 4.23. The van der Waals surface area contributed by atoms with E-state index in [1.165, 1.54) is 0 Å². The predicted molar refractivity (Wildman–Crippen MR) is 71.7 cm³/mol. The minimum Gasteiger partial charge on any atom is -0.478 e. The van der Waals surface area contributed by atoms with Crippen molar-refractivity contribution in [2.75, 3.05) is 18.5 Å². The summed E-state index contributed by atoms with van der Waals surface area (Å²) in [7, 11) is 1.98. The number of carbonyl (C=O) groups is 1. The van der Waals surface area contributed by atoms with Crippen LogP contribution in [0.5, 0.6) is 0 Å². The van der Waals surface area contributed by atoms with Crippen molar-refractivity contribution in [3.05, 3.63) is 34.9 Å². The Morgan fingerprint density at radius 3 is 2.82 bits per heavy atom. The zero-order valence-corrected chi connectivity index (χ0v) is 10.7. The molecule has 0 heterocycles. The largest absolute Gasteiger partial charge is 0.478 e. The van der Waals surface area contributed by atoms with E-state index in [9.17, 15) is 4.79 Å². The maximum absolute atomic E-state index is 10.5. The summed E-state index contributed by atoms with van der Waals surface area (Å²) in [6, 6.07) is 5.48. The Bertz CT molecular complexity index is 429. The van der Waals surface area contributed by atoms with Gasteiger partial charge in [0.15, 0.2) is 0 Å². The molecule has 4 heteroatoms. The second-order valence-electron chi connectivity index (χ2n) is 3.80. The van der Waals surface area contributed by atoms with E-state index in [1.54, 1.807) is 18.2 Å². The van der Waals surface area contributed by atoms with Gasteiger partial charge in [-0.15, -0.1) is 0 Å². The molecule has 3 nitrogen and oxygen atoms in total. The number of hydrogen-bond acceptors (Lipinski definition) is 2. The number of hydrogen-bond donors (Lipinski definition) is 1. The molecule has 1 rings (SSSR count). The van der Waals surface area contributed by atoms with Crippen LogP contribution in [0.3, 0.4) is 0 Å². The van der Waals surface area contributed by atoms with E-state index in [2.05, 4.69) is 11.8 Å². The zero-order valence-electron chi connectivity index (χ0n) is 9.98. The van der Waals surface area contributed by atoms with Crippen molar-refractivity contribution in [2.45, 2.75) is 13.3 Å². The van der Waals surface area contributed by atoms with Crippen LogP contribution in [0.2, 0.25) is 5.02 Å². The first-order chi connectivity index (χ1) is 8.04. The lowest BCUT2D eigenvalue weighted by Gasteiger charge is -2.20. The van der Waals surface area contributed by atoms with Gasteiger partial charge in [0.05, 0.1) is 0 Å². The number of carboxylic acids is 1. The Balaban J connectivity index is 3.07. The zero-order chi connectivity index (χ0) is 12.8.